The Morgan fingerprint density at radius 1 is 1.38 bits per heavy atom. The first-order valence-electron chi connectivity index (χ1n) is 6.02. The minimum atomic E-state index is -4.30. The van der Waals surface area contributed by atoms with Gasteiger partial charge in [-0.3, -0.25) is 0 Å². The Bertz CT molecular complexity index is 653. The molecule has 0 heterocycles. The molecule has 8 heteroatoms. The second kappa shape index (κ2) is 6.62. The molecule has 1 aromatic rings. The lowest BCUT2D eigenvalue weighted by atomic mass is 9.93. The molecule has 0 atom stereocenters. The van der Waals surface area contributed by atoms with E-state index in [0.29, 0.717) is 6.42 Å². The molecule has 4 nitrogen and oxygen atoms in total. The van der Waals surface area contributed by atoms with Crippen LogP contribution in [0.2, 0.25) is 0 Å². The molecule has 0 fully saturated rings. The van der Waals surface area contributed by atoms with Crippen LogP contribution in [0.1, 0.15) is 37.6 Å². The molecule has 1 aromatic carbocycles. The predicted octanol–water partition coefficient (Wildman–Crippen LogP) is 4.11. The van der Waals surface area contributed by atoms with Gasteiger partial charge in [-0.25, -0.2) is 17.6 Å². The Morgan fingerprint density at radius 3 is 2.43 bits per heavy atom. The van der Waals surface area contributed by atoms with Crippen molar-refractivity contribution in [1.29, 1.82) is 0 Å². The first kappa shape index (κ1) is 18.4. The van der Waals surface area contributed by atoms with Gasteiger partial charge in [0.1, 0.15) is 4.90 Å². The van der Waals surface area contributed by atoms with E-state index in [2.05, 4.69) is 15.9 Å². The van der Waals surface area contributed by atoms with Gasteiger partial charge in [-0.1, -0.05) is 36.7 Å². The lowest BCUT2D eigenvalue weighted by Gasteiger charge is -2.17. The average molecular weight is 402 g/mol. The van der Waals surface area contributed by atoms with E-state index in [1.54, 1.807) is 0 Å². The maximum Gasteiger partial charge on any atom is 0.341 e. The summed E-state index contributed by atoms with van der Waals surface area (Å²) in [5.74, 6) is -2.14. The molecular formula is C13H15BrClFO4S. The van der Waals surface area contributed by atoms with Gasteiger partial charge in [0, 0.05) is 15.2 Å². The summed E-state index contributed by atoms with van der Waals surface area (Å²) in [4.78, 5) is 11.1. The highest BCUT2D eigenvalue weighted by Crippen LogP contribution is 2.27. The average Bonchev–Trinajstić information content (AvgIpc) is 2.28. The standard InChI is InChI=1S/C13H15BrClFO4S/c1-13(2,3)4-5-20-12(17)9-6-8(14)7-10(11(9)16)21(15,18)19/h6-7H,4-5H2,1-3H3. The van der Waals surface area contributed by atoms with Crippen molar-refractivity contribution in [3.63, 3.8) is 0 Å². The van der Waals surface area contributed by atoms with Gasteiger partial charge in [-0.2, -0.15) is 0 Å². The Hall–Kier alpha value is -0.660. The summed E-state index contributed by atoms with van der Waals surface area (Å²) in [6.45, 7) is 6.02. The number of carbonyl (C=O) groups excluding carboxylic acids is 1. The maximum absolute atomic E-state index is 14.1. The zero-order chi connectivity index (χ0) is 16.4. The van der Waals surface area contributed by atoms with Crippen LogP contribution < -0.4 is 0 Å². The minimum absolute atomic E-state index is 0.0409. The van der Waals surface area contributed by atoms with Crippen LogP contribution >= 0.6 is 26.6 Å². The number of halogens is 3. The summed E-state index contributed by atoms with van der Waals surface area (Å²) in [5.41, 5.74) is -0.515. The molecule has 0 N–H and O–H groups in total. The third kappa shape index (κ3) is 5.56. The fourth-order valence-corrected chi connectivity index (χ4v) is 2.96. The van der Waals surface area contributed by atoms with Crippen molar-refractivity contribution in [3.8, 4) is 0 Å². The predicted molar refractivity (Wildman–Crippen MR) is 81.5 cm³/mol. The number of hydrogen-bond acceptors (Lipinski definition) is 4. The van der Waals surface area contributed by atoms with E-state index in [4.69, 9.17) is 15.4 Å². The smallest absolute Gasteiger partial charge is 0.341 e. The first-order valence-corrected chi connectivity index (χ1v) is 9.13. The number of rotatable bonds is 4. The van der Waals surface area contributed by atoms with Crippen molar-refractivity contribution in [1.82, 2.24) is 0 Å². The van der Waals surface area contributed by atoms with Gasteiger partial charge in [-0.05, 0) is 24.0 Å². The van der Waals surface area contributed by atoms with Crippen molar-refractivity contribution < 1.29 is 22.3 Å². The third-order valence-electron chi connectivity index (χ3n) is 2.57. The van der Waals surface area contributed by atoms with Crippen LogP contribution in [0.4, 0.5) is 4.39 Å². The van der Waals surface area contributed by atoms with E-state index < -0.39 is 31.3 Å². The van der Waals surface area contributed by atoms with Crippen LogP contribution in [0.25, 0.3) is 0 Å². The quantitative estimate of drug-likeness (QED) is 0.563. The van der Waals surface area contributed by atoms with Crippen LogP contribution in [0.15, 0.2) is 21.5 Å². The van der Waals surface area contributed by atoms with Crippen molar-refractivity contribution in [2.24, 2.45) is 5.41 Å². The molecule has 0 aliphatic rings. The highest BCUT2D eigenvalue weighted by Gasteiger charge is 2.24. The summed E-state index contributed by atoms with van der Waals surface area (Å²) < 4.78 is 41.8. The maximum atomic E-state index is 14.1. The van der Waals surface area contributed by atoms with Gasteiger partial charge in [0.25, 0.3) is 9.05 Å². The van der Waals surface area contributed by atoms with Gasteiger partial charge in [0.05, 0.1) is 12.2 Å². The van der Waals surface area contributed by atoms with Crippen LogP contribution in [0, 0.1) is 11.2 Å². The molecule has 0 bridgehead atoms. The summed E-state index contributed by atoms with van der Waals surface area (Å²) in [7, 11) is 0.840. The van der Waals surface area contributed by atoms with E-state index in [0.717, 1.165) is 12.1 Å². The van der Waals surface area contributed by atoms with Crippen molar-refractivity contribution in [2.45, 2.75) is 32.1 Å². The number of ether oxygens (including phenoxy) is 1. The Labute approximate surface area is 136 Å². The third-order valence-corrected chi connectivity index (χ3v) is 4.35. The molecule has 0 radical (unpaired) electrons. The van der Waals surface area contributed by atoms with Crippen molar-refractivity contribution in [2.75, 3.05) is 6.61 Å². The second-order valence-corrected chi connectivity index (χ2v) is 9.10. The zero-order valence-electron chi connectivity index (χ0n) is 11.7. The molecule has 1 rings (SSSR count). The van der Waals surface area contributed by atoms with Gasteiger partial charge < -0.3 is 4.74 Å². The molecule has 21 heavy (non-hydrogen) atoms. The number of carbonyl (C=O) groups is 1. The summed E-state index contributed by atoms with van der Waals surface area (Å²) >= 11 is 3.01. The largest absolute Gasteiger partial charge is 0.462 e. The summed E-state index contributed by atoms with van der Waals surface area (Å²) in [6.07, 6.45) is 0.592. The SMILES string of the molecule is CC(C)(C)CCOC(=O)c1cc(Br)cc(S(=O)(=O)Cl)c1F. The van der Waals surface area contributed by atoms with Gasteiger partial charge in [0.2, 0.25) is 0 Å². The van der Waals surface area contributed by atoms with Crippen molar-refractivity contribution in [3.05, 3.63) is 28.0 Å². The summed E-state index contributed by atoms with van der Waals surface area (Å²) in [6, 6.07) is 2.14. The highest BCUT2D eigenvalue weighted by atomic mass is 79.9. The Morgan fingerprint density at radius 2 is 1.95 bits per heavy atom. The van der Waals surface area contributed by atoms with E-state index in [1.807, 2.05) is 20.8 Å². The van der Waals surface area contributed by atoms with E-state index >= 15 is 0 Å². The van der Waals surface area contributed by atoms with E-state index in [-0.39, 0.29) is 16.5 Å². The Balaban J connectivity index is 3.03. The molecule has 0 aliphatic carbocycles. The van der Waals surface area contributed by atoms with Gasteiger partial charge >= 0.3 is 5.97 Å². The molecule has 0 saturated carbocycles. The van der Waals surface area contributed by atoms with E-state index in [1.165, 1.54) is 0 Å². The molecule has 118 valence electrons. The van der Waals surface area contributed by atoms with Crippen LogP contribution in [0.5, 0.6) is 0 Å². The Kier molecular flexibility index (Phi) is 5.80. The normalized spacial score (nSPS) is 12.3. The minimum Gasteiger partial charge on any atom is -0.462 e. The number of esters is 1. The highest BCUT2D eigenvalue weighted by molar-refractivity contribution is 9.10. The molecule has 0 amide bonds. The van der Waals surface area contributed by atoms with Crippen LogP contribution in [0.3, 0.4) is 0 Å². The topological polar surface area (TPSA) is 60.4 Å². The van der Waals surface area contributed by atoms with Gasteiger partial charge in [0.15, 0.2) is 5.82 Å². The monoisotopic (exact) mass is 400 g/mol. The van der Waals surface area contributed by atoms with Crippen LogP contribution in [-0.2, 0) is 13.8 Å². The fraction of sp³-hybridized carbons (Fsp3) is 0.462. The van der Waals surface area contributed by atoms with Gasteiger partial charge in [-0.15, -0.1) is 0 Å². The number of benzene rings is 1. The fourth-order valence-electron chi connectivity index (χ4n) is 1.42. The zero-order valence-corrected chi connectivity index (χ0v) is 14.9. The first-order chi connectivity index (χ1) is 9.42. The lowest BCUT2D eigenvalue weighted by Crippen LogP contribution is -2.15. The van der Waals surface area contributed by atoms with E-state index in [9.17, 15) is 17.6 Å². The lowest BCUT2D eigenvalue weighted by molar-refractivity contribution is 0.0459. The molecule has 0 spiro atoms. The number of hydrogen-bond donors (Lipinski definition) is 0. The second-order valence-electron chi connectivity index (χ2n) is 5.65. The summed E-state index contributed by atoms with van der Waals surface area (Å²) in [5, 5.41) is 0. The molecule has 0 saturated heterocycles. The molecule has 0 unspecified atom stereocenters. The van der Waals surface area contributed by atoms with Crippen molar-refractivity contribution >= 4 is 41.6 Å². The van der Waals surface area contributed by atoms with Crippen LogP contribution in [-0.4, -0.2) is 21.0 Å². The molecular weight excluding hydrogens is 387 g/mol. The molecule has 0 aromatic heterocycles. The molecule has 0 aliphatic heterocycles.